The van der Waals surface area contributed by atoms with Crippen LogP contribution in [0.3, 0.4) is 0 Å². The van der Waals surface area contributed by atoms with Crippen LogP contribution in [-0.4, -0.2) is 19.3 Å². The van der Waals surface area contributed by atoms with Crippen LogP contribution in [0, 0.1) is 0 Å². The number of amides is 1. The van der Waals surface area contributed by atoms with Crippen LogP contribution in [0.15, 0.2) is 47.4 Å². The number of anilines is 1. The lowest BCUT2D eigenvalue weighted by atomic mass is 10.2. The summed E-state index contributed by atoms with van der Waals surface area (Å²) >= 11 is 0. The third-order valence-electron chi connectivity index (χ3n) is 2.64. The Morgan fingerprint density at radius 3 is 2.43 bits per heavy atom. The Morgan fingerprint density at radius 2 is 1.86 bits per heavy atom. The summed E-state index contributed by atoms with van der Waals surface area (Å²) in [5, 5.41) is 7.49. The quantitative estimate of drug-likeness (QED) is 0.757. The number of nitrogens with two attached hydrogens (primary N) is 1. The number of benzene rings is 1. The van der Waals surface area contributed by atoms with Crippen LogP contribution in [0.5, 0.6) is 0 Å². The molecule has 0 atom stereocenters. The van der Waals surface area contributed by atoms with E-state index in [0.717, 1.165) is 0 Å². The van der Waals surface area contributed by atoms with E-state index in [1.165, 1.54) is 36.5 Å². The van der Waals surface area contributed by atoms with E-state index in [1.807, 2.05) is 0 Å². The Bertz CT molecular complexity index is 810. The molecule has 1 aromatic heterocycles. The number of primary sulfonamides is 1. The van der Waals surface area contributed by atoms with Gasteiger partial charge in [-0.05, 0) is 29.8 Å². The summed E-state index contributed by atoms with van der Waals surface area (Å²) in [7, 11) is -3.59. The molecule has 0 radical (unpaired) electrons. The highest BCUT2D eigenvalue weighted by Crippen LogP contribution is 2.12. The van der Waals surface area contributed by atoms with Crippen LogP contribution in [0.4, 0.5) is 5.69 Å². The minimum atomic E-state index is -3.59. The molecular weight excluding hydrogens is 294 g/mol. The van der Waals surface area contributed by atoms with Crippen molar-refractivity contribution < 1.29 is 13.2 Å². The third-order valence-corrected chi connectivity index (χ3v) is 3.38. The van der Waals surface area contributed by atoms with Crippen LogP contribution in [0.1, 0.15) is 15.9 Å². The smallest absolute Gasteiger partial charge is 0.261 e. The van der Waals surface area contributed by atoms with Gasteiger partial charge in [-0.2, -0.15) is 0 Å². The van der Waals surface area contributed by atoms with Crippen molar-refractivity contribution in [1.29, 1.82) is 0 Å². The number of rotatable bonds is 4. The Balaban J connectivity index is 2.12. The van der Waals surface area contributed by atoms with Gasteiger partial charge < -0.3 is 10.3 Å². The highest BCUT2D eigenvalue weighted by Gasteiger charge is 2.10. The van der Waals surface area contributed by atoms with Crippen molar-refractivity contribution in [3.63, 3.8) is 0 Å². The predicted octanol–water partition coefficient (Wildman–Crippen LogP) is 0.416. The lowest BCUT2D eigenvalue weighted by Crippen LogP contribution is -2.22. The van der Waals surface area contributed by atoms with E-state index in [4.69, 9.17) is 5.14 Å². The van der Waals surface area contributed by atoms with Gasteiger partial charge in [0.1, 0.15) is 5.56 Å². The standard InChI is InChI=1S/C13H13N3O4S/c14-21(19,20)8-9-3-5-10(6-4-9)16-13(18)11-2-1-7-15-12(11)17/h1-7H,8H2,(H,15,17)(H,16,18)(H2,14,19,20). The van der Waals surface area contributed by atoms with Gasteiger partial charge in [0.2, 0.25) is 10.0 Å². The van der Waals surface area contributed by atoms with E-state index in [1.54, 1.807) is 6.07 Å². The molecule has 4 N–H and O–H groups in total. The molecule has 2 rings (SSSR count). The number of carbonyl (C=O) groups excluding carboxylic acids is 1. The normalized spacial score (nSPS) is 11.1. The number of carbonyl (C=O) groups is 1. The van der Waals surface area contributed by atoms with Crippen LogP contribution in [0.25, 0.3) is 0 Å². The molecule has 0 fully saturated rings. The molecule has 0 saturated heterocycles. The molecule has 0 aliphatic rings. The predicted molar refractivity (Wildman–Crippen MR) is 78.3 cm³/mol. The molecule has 21 heavy (non-hydrogen) atoms. The maximum atomic E-state index is 11.9. The summed E-state index contributed by atoms with van der Waals surface area (Å²) in [5.41, 5.74) is 0.460. The van der Waals surface area contributed by atoms with Gasteiger partial charge in [0.15, 0.2) is 0 Å². The van der Waals surface area contributed by atoms with Gasteiger partial charge in [0.05, 0.1) is 5.75 Å². The van der Waals surface area contributed by atoms with Gasteiger partial charge in [-0.3, -0.25) is 9.59 Å². The number of hydrogen-bond acceptors (Lipinski definition) is 4. The zero-order chi connectivity index (χ0) is 15.5. The zero-order valence-electron chi connectivity index (χ0n) is 10.9. The van der Waals surface area contributed by atoms with E-state index in [-0.39, 0.29) is 11.3 Å². The number of aromatic nitrogens is 1. The molecule has 0 unspecified atom stereocenters. The van der Waals surface area contributed by atoms with Crippen molar-refractivity contribution in [1.82, 2.24) is 4.98 Å². The molecule has 1 aromatic carbocycles. The zero-order valence-corrected chi connectivity index (χ0v) is 11.7. The molecule has 7 nitrogen and oxygen atoms in total. The molecule has 110 valence electrons. The molecule has 8 heteroatoms. The topological polar surface area (TPSA) is 122 Å². The highest BCUT2D eigenvalue weighted by molar-refractivity contribution is 7.88. The van der Waals surface area contributed by atoms with Crippen LogP contribution < -0.4 is 16.0 Å². The summed E-state index contributed by atoms with van der Waals surface area (Å²) in [5.74, 6) is -0.824. The Morgan fingerprint density at radius 1 is 1.19 bits per heavy atom. The van der Waals surface area contributed by atoms with Crippen molar-refractivity contribution in [3.05, 3.63) is 64.1 Å². The molecule has 0 bridgehead atoms. The maximum absolute atomic E-state index is 11.9. The minimum Gasteiger partial charge on any atom is -0.328 e. The van der Waals surface area contributed by atoms with Crippen molar-refractivity contribution in [2.75, 3.05) is 5.32 Å². The average molecular weight is 307 g/mol. The van der Waals surface area contributed by atoms with Gasteiger partial charge in [0, 0.05) is 11.9 Å². The summed E-state index contributed by atoms with van der Waals surface area (Å²) in [6, 6.07) is 9.10. The first-order chi connectivity index (χ1) is 9.85. The molecular formula is C13H13N3O4S. The highest BCUT2D eigenvalue weighted by atomic mass is 32.2. The summed E-state index contributed by atoms with van der Waals surface area (Å²) < 4.78 is 21.9. The Hall–Kier alpha value is -2.45. The average Bonchev–Trinajstić information content (AvgIpc) is 2.40. The fourth-order valence-electron chi connectivity index (χ4n) is 1.72. The fourth-order valence-corrected chi connectivity index (χ4v) is 2.37. The molecule has 2 aromatic rings. The van der Waals surface area contributed by atoms with Gasteiger partial charge >= 0.3 is 0 Å². The molecule has 1 amide bonds. The van der Waals surface area contributed by atoms with E-state index in [9.17, 15) is 18.0 Å². The number of pyridine rings is 1. The summed E-state index contributed by atoms with van der Waals surface area (Å²) in [4.78, 5) is 25.8. The van der Waals surface area contributed by atoms with Crippen LogP contribution >= 0.6 is 0 Å². The Kier molecular flexibility index (Phi) is 4.20. The molecule has 0 aliphatic carbocycles. The van der Waals surface area contributed by atoms with Crippen LogP contribution in [0.2, 0.25) is 0 Å². The lowest BCUT2D eigenvalue weighted by Gasteiger charge is -2.05. The number of hydrogen-bond donors (Lipinski definition) is 3. The Labute approximate surface area is 120 Å². The fraction of sp³-hybridized carbons (Fsp3) is 0.0769. The second-order valence-electron chi connectivity index (χ2n) is 4.37. The first kappa shape index (κ1) is 14.9. The third kappa shape index (κ3) is 4.26. The van der Waals surface area contributed by atoms with Crippen molar-refractivity contribution in [2.24, 2.45) is 5.14 Å². The van der Waals surface area contributed by atoms with E-state index >= 15 is 0 Å². The van der Waals surface area contributed by atoms with Crippen molar-refractivity contribution in [2.45, 2.75) is 5.75 Å². The van der Waals surface area contributed by atoms with Gasteiger partial charge in [-0.1, -0.05) is 12.1 Å². The second-order valence-corrected chi connectivity index (χ2v) is 5.99. The van der Waals surface area contributed by atoms with Gasteiger partial charge in [-0.25, -0.2) is 13.6 Å². The first-order valence-electron chi connectivity index (χ1n) is 5.93. The maximum Gasteiger partial charge on any atom is 0.261 e. The lowest BCUT2D eigenvalue weighted by molar-refractivity contribution is 0.102. The van der Waals surface area contributed by atoms with Crippen molar-refractivity contribution >= 4 is 21.6 Å². The van der Waals surface area contributed by atoms with E-state index in [2.05, 4.69) is 10.3 Å². The number of H-pyrrole nitrogens is 1. The van der Waals surface area contributed by atoms with Crippen molar-refractivity contribution in [3.8, 4) is 0 Å². The largest absolute Gasteiger partial charge is 0.328 e. The molecule has 0 saturated carbocycles. The minimum absolute atomic E-state index is 0.00823. The molecule has 0 aliphatic heterocycles. The number of aromatic amines is 1. The molecule has 1 heterocycles. The number of sulfonamides is 1. The second kappa shape index (κ2) is 5.90. The summed E-state index contributed by atoms with van der Waals surface area (Å²) in [6.07, 6.45) is 1.43. The van der Waals surface area contributed by atoms with Gasteiger partial charge in [0.25, 0.3) is 11.5 Å². The van der Waals surface area contributed by atoms with E-state index in [0.29, 0.717) is 11.3 Å². The number of nitrogens with one attached hydrogen (secondary N) is 2. The SMILES string of the molecule is NS(=O)(=O)Cc1ccc(NC(=O)c2ccc[nH]c2=O)cc1. The monoisotopic (exact) mass is 307 g/mol. The molecule has 0 spiro atoms. The van der Waals surface area contributed by atoms with Gasteiger partial charge in [-0.15, -0.1) is 0 Å². The van der Waals surface area contributed by atoms with E-state index < -0.39 is 21.5 Å². The van der Waals surface area contributed by atoms with Crippen LogP contribution in [-0.2, 0) is 15.8 Å². The first-order valence-corrected chi connectivity index (χ1v) is 7.65. The summed E-state index contributed by atoms with van der Waals surface area (Å²) in [6.45, 7) is 0.